The molecule has 0 aliphatic heterocycles. The second-order valence-corrected chi connectivity index (χ2v) is 5.38. The first-order valence-electron chi connectivity index (χ1n) is 7.50. The average Bonchev–Trinajstić information content (AvgIpc) is 2.54. The van der Waals surface area contributed by atoms with Gasteiger partial charge in [0.25, 0.3) is 0 Å². The van der Waals surface area contributed by atoms with Gasteiger partial charge < -0.3 is 5.11 Å². The summed E-state index contributed by atoms with van der Waals surface area (Å²) in [5.41, 5.74) is 2.28. The third-order valence-corrected chi connectivity index (χ3v) is 3.77. The normalized spacial score (nSPS) is 12.3. The molecule has 2 nitrogen and oxygen atoms in total. The van der Waals surface area contributed by atoms with Crippen molar-refractivity contribution in [3.8, 4) is 0 Å². The van der Waals surface area contributed by atoms with Crippen molar-refractivity contribution in [1.29, 1.82) is 0 Å². The number of ketones is 1. The molecule has 0 amide bonds. The quantitative estimate of drug-likeness (QED) is 0.835. The zero-order chi connectivity index (χ0) is 15.1. The minimum Gasteiger partial charge on any atom is -0.393 e. The third kappa shape index (κ3) is 4.54. The maximum Gasteiger partial charge on any atom is 0.136 e. The van der Waals surface area contributed by atoms with Crippen LogP contribution in [0.4, 0.5) is 0 Å². The van der Waals surface area contributed by atoms with E-state index in [1.165, 1.54) is 0 Å². The monoisotopic (exact) mass is 282 g/mol. The maximum absolute atomic E-state index is 12.2. The molecule has 2 aromatic rings. The van der Waals surface area contributed by atoms with Crippen LogP contribution in [0.3, 0.4) is 0 Å². The summed E-state index contributed by atoms with van der Waals surface area (Å²) in [6.07, 6.45) is 0.773. The molecule has 0 aliphatic rings. The molecule has 1 atom stereocenters. The van der Waals surface area contributed by atoms with Crippen LogP contribution in [-0.2, 0) is 4.79 Å². The van der Waals surface area contributed by atoms with Crippen LogP contribution in [0.15, 0.2) is 60.7 Å². The summed E-state index contributed by atoms with van der Waals surface area (Å²) in [7, 11) is 0. The highest BCUT2D eigenvalue weighted by Crippen LogP contribution is 2.28. The number of rotatable bonds is 7. The number of benzene rings is 2. The Morgan fingerprint density at radius 3 is 1.81 bits per heavy atom. The SMILES string of the molecule is CCC(O)CC(=O)CC(c1ccccc1)c1ccccc1. The lowest BCUT2D eigenvalue weighted by Crippen LogP contribution is -2.15. The first-order chi connectivity index (χ1) is 10.2. The molecule has 1 N–H and O–H groups in total. The fourth-order valence-electron chi connectivity index (χ4n) is 2.52. The van der Waals surface area contributed by atoms with Gasteiger partial charge in [0.15, 0.2) is 0 Å². The van der Waals surface area contributed by atoms with Crippen molar-refractivity contribution in [1.82, 2.24) is 0 Å². The van der Waals surface area contributed by atoms with Gasteiger partial charge in [-0.3, -0.25) is 4.79 Å². The summed E-state index contributed by atoms with van der Waals surface area (Å²) in [6, 6.07) is 20.2. The standard InChI is InChI=1S/C19H22O2/c1-2-17(20)13-18(21)14-19(15-9-5-3-6-10-15)16-11-7-4-8-12-16/h3-12,17,19-20H,2,13-14H2,1H3. The van der Waals surface area contributed by atoms with E-state index >= 15 is 0 Å². The first kappa shape index (κ1) is 15.5. The van der Waals surface area contributed by atoms with Crippen molar-refractivity contribution in [3.05, 3.63) is 71.8 Å². The molecule has 0 heterocycles. The van der Waals surface area contributed by atoms with E-state index in [0.29, 0.717) is 12.8 Å². The minimum absolute atomic E-state index is 0.0592. The largest absolute Gasteiger partial charge is 0.393 e. The van der Waals surface area contributed by atoms with E-state index < -0.39 is 6.10 Å². The number of aliphatic hydroxyl groups is 1. The van der Waals surface area contributed by atoms with Gasteiger partial charge in [-0.2, -0.15) is 0 Å². The molecule has 2 heteroatoms. The Hall–Kier alpha value is -1.93. The van der Waals surface area contributed by atoms with Gasteiger partial charge >= 0.3 is 0 Å². The van der Waals surface area contributed by atoms with E-state index in [1.807, 2.05) is 43.3 Å². The van der Waals surface area contributed by atoms with E-state index in [0.717, 1.165) is 11.1 Å². The molecular weight excluding hydrogens is 260 g/mol. The summed E-state index contributed by atoms with van der Waals surface area (Å²) >= 11 is 0. The van der Waals surface area contributed by atoms with E-state index in [2.05, 4.69) is 24.3 Å². The van der Waals surface area contributed by atoms with Crippen LogP contribution in [-0.4, -0.2) is 17.0 Å². The van der Waals surface area contributed by atoms with Gasteiger partial charge in [0.05, 0.1) is 6.10 Å². The molecule has 2 rings (SSSR count). The van der Waals surface area contributed by atoms with Crippen molar-refractivity contribution in [2.75, 3.05) is 0 Å². The summed E-state index contributed by atoms with van der Waals surface area (Å²) in [4.78, 5) is 12.2. The lowest BCUT2D eigenvalue weighted by Gasteiger charge is -2.18. The molecular formula is C19H22O2. The molecule has 0 fully saturated rings. The Balaban J connectivity index is 2.19. The van der Waals surface area contributed by atoms with Crippen LogP contribution in [0.1, 0.15) is 43.2 Å². The number of hydrogen-bond donors (Lipinski definition) is 1. The highest BCUT2D eigenvalue weighted by molar-refractivity contribution is 5.80. The Morgan fingerprint density at radius 2 is 1.38 bits per heavy atom. The summed E-state index contributed by atoms with van der Waals surface area (Å²) in [6.45, 7) is 1.89. The van der Waals surface area contributed by atoms with Gasteiger partial charge in [-0.05, 0) is 17.5 Å². The van der Waals surface area contributed by atoms with Crippen molar-refractivity contribution in [3.63, 3.8) is 0 Å². The highest BCUT2D eigenvalue weighted by Gasteiger charge is 2.19. The molecule has 110 valence electrons. The zero-order valence-corrected chi connectivity index (χ0v) is 12.4. The summed E-state index contributed by atoms with van der Waals surface area (Å²) in [5.74, 6) is 0.172. The fourth-order valence-corrected chi connectivity index (χ4v) is 2.52. The van der Waals surface area contributed by atoms with Crippen molar-refractivity contribution < 1.29 is 9.90 Å². The van der Waals surface area contributed by atoms with Crippen LogP contribution < -0.4 is 0 Å². The first-order valence-corrected chi connectivity index (χ1v) is 7.50. The predicted octanol–water partition coefficient (Wildman–Crippen LogP) is 3.94. The number of aliphatic hydroxyl groups excluding tert-OH is 1. The van der Waals surface area contributed by atoms with Crippen LogP contribution in [0.25, 0.3) is 0 Å². The Bertz CT molecular complexity index is 509. The summed E-state index contributed by atoms with van der Waals surface area (Å²) < 4.78 is 0. The molecule has 0 spiro atoms. The number of carbonyl (C=O) groups is 1. The van der Waals surface area contributed by atoms with Crippen LogP contribution >= 0.6 is 0 Å². The Morgan fingerprint density at radius 1 is 0.905 bits per heavy atom. The van der Waals surface area contributed by atoms with Gasteiger partial charge in [-0.25, -0.2) is 0 Å². The van der Waals surface area contributed by atoms with E-state index in [9.17, 15) is 9.90 Å². The molecule has 0 aromatic heterocycles. The van der Waals surface area contributed by atoms with Crippen LogP contribution in [0.5, 0.6) is 0 Å². The molecule has 2 aromatic carbocycles. The number of Topliss-reactive ketones (excluding diaryl/α,β-unsaturated/α-hetero) is 1. The van der Waals surface area contributed by atoms with E-state index in [-0.39, 0.29) is 18.1 Å². The second-order valence-electron chi connectivity index (χ2n) is 5.38. The minimum atomic E-state index is -0.523. The fraction of sp³-hybridized carbons (Fsp3) is 0.316. The van der Waals surface area contributed by atoms with Gasteiger partial charge in [0, 0.05) is 18.8 Å². The molecule has 1 unspecified atom stereocenters. The maximum atomic E-state index is 12.2. The molecule has 0 radical (unpaired) electrons. The van der Waals surface area contributed by atoms with Crippen molar-refractivity contribution in [2.24, 2.45) is 0 Å². The van der Waals surface area contributed by atoms with Crippen LogP contribution in [0, 0.1) is 0 Å². The van der Waals surface area contributed by atoms with Gasteiger partial charge in [0.2, 0.25) is 0 Å². The molecule has 0 saturated heterocycles. The molecule has 0 saturated carbocycles. The topological polar surface area (TPSA) is 37.3 Å². The lowest BCUT2D eigenvalue weighted by atomic mass is 9.86. The zero-order valence-electron chi connectivity index (χ0n) is 12.4. The smallest absolute Gasteiger partial charge is 0.136 e. The number of hydrogen-bond acceptors (Lipinski definition) is 2. The number of carbonyl (C=O) groups excluding carboxylic acids is 1. The third-order valence-electron chi connectivity index (χ3n) is 3.77. The molecule has 0 bridgehead atoms. The average molecular weight is 282 g/mol. The van der Waals surface area contributed by atoms with Gasteiger partial charge in [0.1, 0.15) is 5.78 Å². The summed E-state index contributed by atoms with van der Waals surface area (Å²) in [5, 5.41) is 9.66. The van der Waals surface area contributed by atoms with Crippen molar-refractivity contribution >= 4 is 5.78 Å². The van der Waals surface area contributed by atoms with E-state index in [4.69, 9.17) is 0 Å². The second kappa shape index (κ2) is 7.75. The molecule has 0 aliphatic carbocycles. The lowest BCUT2D eigenvalue weighted by molar-refractivity contribution is -0.121. The Kier molecular flexibility index (Phi) is 5.70. The van der Waals surface area contributed by atoms with Crippen LogP contribution in [0.2, 0.25) is 0 Å². The van der Waals surface area contributed by atoms with Crippen molar-refractivity contribution in [2.45, 2.75) is 38.2 Å². The van der Waals surface area contributed by atoms with Gasteiger partial charge in [-0.1, -0.05) is 67.6 Å². The predicted molar refractivity (Wildman–Crippen MR) is 85.3 cm³/mol. The van der Waals surface area contributed by atoms with E-state index in [1.54, 1.807) is 0 Å². The highest BCUT2D eigenvalue weighted by atomic mass is 16.3. The van der Waals surface area contributed by atoms with Gasteiger partial charge in [-0.15, -0.1) is 0 Å². The molecule has 21 heavy (non-hydrogen) atoms. The Labute approximate surface area is 126 Å².